The first kappa shape index (κ1) is 18.1. The number of morpholine rings is 1. The van der Waals surface area contributed by atoms with Gasteiger partial charge >= 0.3 is 0 Å². The van der Waals surface area contributed by atoms with Crippen LogP contribution in [0.4, 0.5) is 0 Å². The zero-order valence-corrected chi connectivity index (χ0v) is 15.4. The molecule has 0 radical (unpaired) electrons. The summed E-state index contributed by atoms with van der Waals surface area (Å²) in [5.74, 6) is 1.66. The van der Waals surface area contributed by atoms with E-state index in [1.165, 1.54) is 0 Å². The third kappa shape index (κ3) is 4.70. The van der Waals surface area contributed by atoms with Crippen LogP contribution in [0.1, 0.15) is 36.2 Å². The molecule has 2 aliphatic rings. The largest absolute Gasteiger partial charge is 0.379 e. The number of aromatic nitrogens is 3. The van der Waals surface area contributed by atoms with Crippen molar-refractivity contribution in [1.29, 1.82) is 0 Å². The van der Waals surface area contributed by atoms with Crippen molar-refractivity contribution in [3.8, 4) is 0 Å². The number of nitrogens with zero attached hydrogens (tertiary/aromatic N) is 5. The van der Waals surface area contributed by atoms with Gasteiger partial charge in [-0.1, -0.05) is 11.2 Å². The Morgan fingerprint density at radius 3 is 2.93 bits per heavy atom. The first-order chi connectivity index (χ1) is 13.3. The molecule has 2 saturated heterocycles. The molecule has 1 amide bonds. The van der Waals surface area contributed by atoms with E-state index in [1.54, 1.807) is 6.20 Å². The normalized spacial score (nSPS) is 21.6. The molecule has 0 unspecified atom stereocenters. The molecule has 0 aliphatic carbocycles. The number of likely N-dealkylation sites (tertiary alicyclic amines) is 1. The molecule has 8 heteroatoms. The molecule has 0 saturated carbocycles. The monoisotopic (exact) mass is 371 g/mol. The third-order valence-electron chi connectivity index (χ3n) is 5.17. The fourth-order valence-electron chi connectivity index (χ4n) is 3.58. The van der Waals surface area contributed by atoms with Gasteiger partial charge in [0.25, 0.3) is 0 Å². The van der Waals surface area contributed by atoms with Crippen LogP contribution in [0.3, 0.4) is 0 Å². The van der Waals surface area contributed by atoms with Crippen LogP contribution >= 0.6 is 0 Å². The second kappa shape index (κ2) is 8.58. The number of pyridine rings is 1. The Morgan fingerprint density at radius 2 is 2.11 bits per heavy atom. The Kier molecular flexibility index (Phi) is 5.74. The molecule has 4 heterocycles. The minimum absolute atomic E-state index is 0.109. The quantitative estimate of drug-likeness (QED) is 0.755. The van der Waals surface area contributed by atoms with Crippen molar-refractivity contribution in [3.05, 3.63) is 41.8 Å². The molecule has 8 nitrogen and oxygen atoms in total. The van der Waals surface area contributed by atoms with Gasteiger partial charge in [-0.05, 0) is 18.6 Å². The molecule has 27 heavy (non-hydrogen) atoms. The molecule has 2 fully saturated rings. The van der Waals surface area contributed by atoms with E-state index in [0.717, 1.165) is 44.8 Å². The van der Waals surface area contributed by atoms with Crippen molar-refractivity contribution >= 4 is 5.91 Å². The van der Waals surface area contributed by atoms with Crippen LogP contribution in [0.2, 0.25) is 0 Å². The predicted molar refractivity (Wildman–Crippen MR) is 96.9 cm³/mol. The van der Waals surface area contributed by atoms with Crippen LogP contribution < -0.4 is 0 Å². The average molecular weight is 371 g/mol. The van der Waals surface area contributed by atoms with E-state index in [9.17, 15) is 4.79 Å². The molecule has 2 aliphatic heterocycles. The van der Waals surface area contributed by atoms with Crippen LogP contribution in [-0.2, 0) is 22.5 Å². The van der Waals surface area contributed by atoms with Gasteiger partial charge in [0, 0.05) is 50.9 Å². The minimum atomic E-state index is 0.109. The van der Waals surface area contributed by atoms with Crippen molar-refractivity contribution < 1.29 is 14.1 Å². The van der Waals surface area contributed by atoms with Crippen LogP contribution in [0.25, 0.3) is 0 Å². The van der Waals surface area contributed by atoms with Gasteiger partial charge < -0.3 is 14.2 Å². The molecular weight excluding hydrogens is 346 g/mol. The fraction of sp³-hybridized carbons (Fsp3) is 0.579. The summed E-state index contributed by atoms with van der Waals surface area (Å²) in [5, 5.41) is 4.14. The second-order valence-electron chi connectivity index (χ2n) is 7.08. The molecule has 144 valence electrons. The summed E-state index contributed by atoms with van der Waals surface area (Å²) in [6.07, 6.45) is 3.82. The number of piperidine rings is 1. The minimum Gasteiger partial charge on any atom is -0.379 e. The molecule has 0 N–H and O–H groups in total. The summed E-state index contributed by atoms with van der Waals surface area (Å²) in [6, 6.07) is 5.86. The SMILES string of the molecule is O=C1CC[C@@H](c2nc(CN3CCOCC3)no2)CN1CCc1ccccn1. The Balaban J connectivity index is 1.34. The lowest BCUT2D eigenvalue weighted by atomic mass is 9.97. The lowest BCUT2D eigenvalue weighted by Gasteiger charge is -2.30. The maximum Gasteiger partial charge on any atom is 0.231 e. The van der Waals surface area contributed by atoms with Gasteiger partial charge in [-0.25, -0.2) is 0 Å². The molecule has 0 aromatic carbocycles. The van der Waals surface area contributed by atoms with E-state index in [-0.39, 0.29) is 11.8 Å². The highest BCUT2D eigenvalue weighted by atomic mass is 16.5. The molecule has 2 aromatic rings. The van der Waals surface area contributed by atoms with Crippen LogP contribution in [0.5, 0.6) is 0 Å². The lowest BCUT2D eigenvalue weighted by molar-refractivity contribution is -0.133. The summed E-state index contributed by atoms with van der Waals surface area (Å²) in [5.41, 5.74) is 0.998. The summed E-state index contributed by atoms with van der Waals surface area (Å²) in [4.78, 5) is 25.4. The number of hydrogen-bond donors (Lipinski definition) is 0. The molecule has 4 rings (SSSR count). The number of carbonyl (C=O) groups is 1. The van der Waals surface area contributed by atoms with Crippen LogP contribution in [0, 0.1) is 0 Å². The maximum absolute atomic E-state index is 12.3. The number of rotatable bonds is 6. The van der Waals surface area contributed by atoms with Gasteiger partial charge in [0.2, 0.25) is 11.8 Å². The Morgan fingerprint density at radius 1 is 1.22 bits per heavy atom. The van der Waals surface area contributed by atoms with Crippen LogP contribution in [-0.4, -0.2) is 70.2 Å². The first-order valence-electron chi connectivity index (χ1n) is 9.58. The fourth-order valence-corrected chi connectivity index (χ4v) is 3.58. The van der Waals surface area contributed by atoms with Gasteiger partial charge in [0.1, 0.15) is 0 Å². The highest BCUT2D eigenvalue weighted by Gasteiger charge is 2.30. The van der Waals surface area contributed by atoms with Crippen molar-refractivity contribution in [2.45, 2.75) is 31.7 Å². The Hall–Kier alpha value is -2.32. The topological polar surface area (TPSA) is 84.6 Å². The van der Waals surface area contributed by atoms with Crippen molar-refractivity contribution in [2.24, 2.45) is 0 Å². The van der Waals surface area contributed by atoms with E-state index < -0.39 is 0 Å². The number of amides is 1. The van der Waals surface area contributed by atoms with Gasteiger partial charge in [0.05, 0.1) is 25.7 Å². The number of ether oxygens (including phenoxy) is 1. The zero-order chi connectivity index (χ0) is 18.5. The molecule has 1 atom stereocenters. The van der Waals surface area contributed by atoms with Crippen LogP contribution in [0.15, 0.2) is 28.9 Å². The van der Waals surface area contributed by atoms with E-state index in [1.807, 2.05) is 23.1 Å². The molecule has 0 bridgehead atoms. The average Bonchev–Trinajstić information content (AvgIpc) is 3.17. The Labute approximate surface area is 158 Å². The standard InChI is InChI=1S/C19H25N5O3/c25-18-5-4-15(13-24(18)8-6-16-3-1-2-7-20-16)19-21-17(22-27-19)14-23-9-11-26-12-10-23/h1-3,7,15H,4-6,8-14H2/t15-/m1/s1. The number of carbonyl (C=O) groups excluding carboxylic acids is 1. The van der Waals surface area contributed by atoms with Crippen molar-refractivity contribution in [1.82, 2.24) is 24.9 Å². The lowest BCUT2D eigenvalue weighted by Crippen LogP contribution is -2.40. The Bertz CT molecular complexity index is 745. The molecular formula is C19H25N5O3. The smallest absolute Gasteiger partial charge is 0.231 e. The van der Waals surface area contributed by atoms with E-state index in [2.05, 4.69) is 20.0 Å². The van der Waals surface area contributed by atoms with Crippen molar-refractivity contribution in [3.63, 3.8) is 0 Å². The van der Waals surface area contributed by atoms with Gasteiger partial charge in [-0.15, -0.1) is 0 Å². The molecule has 2 aromatic heterocycles. The summed E-state index contributed by atoms with van der Waals surface area (Å²) in [7, 11) is 0. The van der Waals surface area contributed by atoms with E-state index >= 15 is 0 Å². The summed E-state index contributed by atoms with van der Waals surface area (Å²) < 4.78 is 10.9. The highest BCUT2D eigenvalue weighted by Crippen LogP contribution is 2.26. The maximum atomic E-state index is 12.3. The predicted octanol–water partition coefficient (Wildman–Crippen LogP) is 1.25. The second-order valence-corrected chi connectivity index (χ2v) is 7.08. The van der Waals surface area contributed by atoms with E-state index in [0.29, 0.717) is 37.8 Å². The summed E-state index contributed by atoms with van der Waals surface area (Å²) >= 11 is 0. The van der Waals surface area contributed by atoms with E-state index in [4.69, 9.17) is 9.26 Å². The third-order valence-corrected chi connectivity index (χ3v) is 5.17. The first-order valence-corrected chi connectivity index (χ1v) is 9.58. The highest BCUT2D eigenvalue weighted by molar-refractivity contribution is 5.77. The van der Waals surface area contributed by atoms with Gasteiger partial charge in [-0.3, -0.25) is 14.7 Å². The van der Waals surface area contributed by atoms with Gasteiger partial charge in [-0.2, -0.15) is 4.98 Å². The summed E-state index contributed by atoms with van der Waals surface area (Å²) in [6.45, 7) is 5.27. The number of hydrogen-bond acceptors (Lipinski definition) is 7. The molecule has 0 spiro atoms. The van der Waals surface area contributed by atoms with Gasteiger partial charge in [0.15, 0.2) is 5.82 Å². The zero-order valence-electron chi connectivity index (χ0n) is 15.4. The van der Waals surface area contributed by atoms with Crippen molar-refractivity contribution in [2.75, 3.05) is 39.4 Å².